The summed E-state index contributed by atoms with van der Waals surface area (Å²) in [5.41, 5.74) is 1.47. The minimum absolute atomic E-state index is 0.367. The summed E-state index contributed by atoms with van der Waals surface area (Å²) in [6.45, 7) is 0. The number of benzene rings is 1. The molecule has 3 aromatic rings. The maximum absolute atomic E-state index is 6.16. The molecule has 0 atom stereocenters. The molecule has 0 spiro atoms. The van der Waals surface area contributed by atoms with Crippen molar-refractivity contribution >= 4 is 40.9 Å². The topological polar surface area (TPSA) is 68.1 Å². The molecule has 0 aliphatic rings. The molecule has 106 valence electrons. The first kappa shape index (κ1) is 13.7. The number of nitrogens with zero attached hydrogens (tertiary/aromatic N) is 4. The molecule has 21 heavy (non-hydrogen) atoms. The van der Waals surface area contributed by atoms with Crippen LogP contribution in [0.3, 0.4) is 0 Å². The zero-order valence-electron chi connectivity index (χ0n) is 10.9. The number of aromatic amines is 1. The van der Waals surface area contributed by atoms with Gasteiger partial charge in [-0.3, -0.25) is 5.10 Å². The standard InChI is InChI=1S/C13H10ClN5OS/c1-20-10-2-3-11-8(5-10)4-9(12(14)17-11)6-16-19-7-15-18-13(19)21/h2-7H,1H3,(H,18,21)/b16-6-. The van der Waals surface area contributed by atoms with Crippen LogP contribution in [0.4, 0.5) is 0 Å². The number of ether oxygens (including phenoxy) is 1. The first-order chi connectivity index (χ1) is 10.2. The van der Waals surface area contributed by atoms with Gasteiger partial charge in [-0.1, -0.05) is 11.6 Å². The highest BCUT2D eigenvalue weighted by Gasteiger charge is 2.04. The minimum Gasteiger partial charge on any atom is -0.497 e. The van der Waals surface area contributed by atoms with E-state index in [1.54, 1.807) is 13.3 Å². The van der Waals surface area contributed by atoms with E-state index < -0.39 is 0 Å². The van der Waals surface area contributed by atoms with Crippen LogP contribution in [0.5, 0.6) is 5.75 Å². The number of aromatic nitrogens is 4. The maximum Gasteiger partial charge on any atom is 0.216 e. The summed E-state index contributed by atoms with van der Waals surface area (Å²) in [4.78, 5) is 4.33. The van der Waals surface area contributed by atoms with Gasteiger partial charge in [0.25, 0.3) is 0 Å². The van der Waals surface area contributed by atoms with Crippen molar-refractivity contribution in [3.05, 3.63) is 46.1 Å². The average molecular weight is 320 g/mol. The van der Waals surface area contributed by atoms with Gasteiger partial charge < -0.3 is 4.74 Å². The van der Waals surface area contributed by atoms with E-state index in [0.717, 1.165) is 16.7 Å². The van der Waals surface area contributed by atoms with Crippen LogP contribution in [0.1, 0.15) is 5.56 Å². The van der Waals surface area contributed by atoms with Gasteiger partial charge in [-0.25, -0.2) is 4.98 Å². The lowest BCUT2D eigenvalue weighted by molar-refractivity contribution is 0.415. The summed E-state index contributed by atoms with van der Waals surface area (Å²) in [5, 5.41) is 11.9. The monoisotopic (exact) mass is 319 g/mol. The van der Waals surface area contributed by atoms with Crippen LogP contribution in [0.15, 0.2) is 35.7 Å². The molecular formula is C13H10ClN5OS. The van der Waals surface area contributed by atoms with Gasteiger partial charge in [0.1, 0.15) is 17.2 Å². The zero-order chi connectivity index (χ0) is 14.8. The maximum atomic E-state index is 6.16. The molecule has 1 aromatic carbocycles. The van der Waals surface area contributed by atoms with E-state index in [4.69, 9.17) is 28.6 Å². The number of fused-ring (bicyclic) bond motifs is 1. The summed E-state index contributed by atoms with van der Waals surface area (Å²) >= 11 is 11.2. The molecule has 0 amide bonds. The predicted octanol–water partition coefficient (Wildman–Crippen LogP) is 3.03. The molecular weight excluding hydrogens is 310 g/mol. The molecule has 2 aromatic heterocycles. The highest BCUT2D eigenvalue weighted by molar-refractivity contribution is 7.71. The van der Waals surface area contributed by atoms with Gasteiger partial charge in [-0.2, -0.15) is 14.9 Å². The van der Waals surface area contributed by atoms with Crippen molar-refractivity contribution < 1.29 is 4.74 Å². The molecule has 2 heterocycles. The van der Waals surface area contributed by atoms with Crippen molar-refractivity contribution in [2.24, 2.45) is 5.10 Å². The van der Waals surface area contributed by atoms with Crippen LogP contribution in [-0.2, 0) is 0 Å². The lowest BCUT2D eigenvalue weighted by Crippen LogP contribution is -1.93. The first-order valence-electron chi connectivity index (χ1n) is 5.98. The van der Waals surface area contributed by atoms with E-state index in [-0.39, 0.29) is 0 Å². The molecule has 0 radical (unpaired) electrons. The normalized spacial score (nSPS) is 11.3. The summed E-state index contributed by atoms with van der Waals surface area (Å²) < 4.78 is 7.04. The Bertz CT molecular complexity index is 886. The molecule has 0 aliphatic heterocycles. The predicted molar refractivity (Wildman–Crippen MR) is 83.7 cm³/mol. The molecule has 0 saturated carbocycles. The van der Waals surface area contributed by atoms with Crippen molar-refractivity contribution in [3.8, 4) is 5.75 Å². The molecule has 8 heteroatoms. The van der Waals surface area contributed by atoms with Gasteiger partial charge in [0, 0.05) is 10.9 Å². The highest BCUT2D eigenvalue weighted by Crippen LogP contribution is 2.23. The lowest BCUT2D eigenvalue weighted by atomic mass is 10.1. The first-order valence-corrected chi connectivity index (χ1v) is 6.76. The molecule has 1 N–H and O–H groups in total. The molecule has 0 bridgehead atoms. The van der Waals surface area contributed by atoms with Crippen LogP contribution >= 0.6 is 23.8 Å². The van der Waals surface area contributed by atoms with Gasteiger partial charge >= 0.3 is 0 Å². The zero-order valence-corrected chi connectivity index (χ0v) is 12.5. The van der Waals surface area contributed by atoms with Crippen molar-refractivity contribution in [2.75, 3.05) is 7.11 Å². The molecule has 0 fully saturated rings. The Hall–Kier alpha value is -2.25. The Morgan fingerprint density at radius 2 is 2.29 bits per heavy atom. The number of rotatable bonds is 3. The molecule has 0 aliphatic carbocycles. The van der Waals surface area contributed by atoms with Crippen molar-refractivity contribution in [2.45, 2.75) is 0 Å². The smallest absolute Gasteiger partial charge is 0.216 e. The second-order valence-electron chi connectivity index (χ2n) is 4.18. The molecule has 0 unspecified atom stereocenters. The van der Waals surface area contributed by atoms with E-state index in [1.807, 2.05) is 24.3 Å². The lowest BCUT2D eigenvalue weighted by Gasteiger charge is -2.04. The van der Waals surface area contributed by atoms with E-state index >= 15 is 0 Å². The Balaban J connectivity index is 2.05. The third-order valence-corrected chi connectivity index (χ3v) is 3.44. The number of nitrogens with one attached hydrogen (secondary N) is 1. The number of hydrogen-bond donors (Lipinski definition) is 1. The van der Waals surface area contributed by atoms with E-state index in [0.29, 0.717) is 15.5 Å². The number of halogens is 1. The van der Waals surface area contributed by atoms with E-state index in [1.165, 1.54) is 11.0 Å². The molecule has 0 saturated heterocycles. The largest absolute Gasteiger partial charge is 0.497 e. The van der Waals surface area contributed by atoms with Gasteiger partial charge in [0.15, 0.2) is 0 Å². The van der Waals surface area contributed by atoms with Crippen molar-refractivity contribution in [1.29, 1.82) is 0 Å². The summed E-state index contributed by atoms with van der Waals surface area (Å²) in [6, 6.07) is 7.47. The van der Waals surface area contributed by atoms with Gasteiger partial charge in [0.05, 0.1) is 18.8 Å². The van der Waals surface area contributed by atoms with E-state index in [2.05, 4.69) is 20.3 Å². The SMILES string of the molecule is COc1ccc2nc(Cl)c(/C=N\n3cn[nH]c3=S)cc2c1. The number of pyridine rings is 1. The van der Waals surface area contributed by atoms with Crippen LogP contribution in [0.2, 0.25) is 5.15 Å². The fourth-order valence-corrected chi connectivity index (χ4v) is 2.16. The quantitative estimate of drug-likeness (QED) is 0.458. The minimum atomic E-state index is 0.367. The third kappa shape index (κ3) is 2.79. The van der Waals surface area contributed by atoms with Crippen LogP contribution in [0.25, 0.3) is 10.9 Å². The van der Waals surface area contributed by atoms with Crippen molar-refractivity contribution in [3.63, 3.8) is 0 Å². The molecule has 6 nitrogen and oxygen atoms in total. The highest BCUT2D eigenvalue weighted by atomic mass is 35.5. The van der Waals surface area contributed by atoms with Gasteiger partial charge in [0.2, 0.25) is 4.77 Å². The Morgan fingerprint density at radius 1 is 1.43 bits per heavy atom. The Kier molecular flexibility index (Phi) is 3.68. The fourth-order valence-electron chi connectivity index (χ4n) is 1.81. The van der Waals surface area contributed by atoms with Crippen molar-refractivity contribution in [1.82, 2.24) is 19.9 Å². The number of methoxy groups -OCH3 is 1. The average Bonchev–Trinajstić information content (AvgIpc) is 2.90. The number of hydrogen-bond acceptors (Lipinski definition) is 5. The van der Waals surface area contributed by atoms with Gasteiger partial charge in [-0.15, -0.1) is 0 Å². The molecule has 3 rings (SSSR count). The summed E-state index contributed by atoms with van der Waals surface area (Å²) in [7, 11) is 1.62. The van der Waals surface area contributed by atoms with Crippen LogP contribution in [-0.4, -0.2) is 33.2 Å². The Morgan fingerprint density at radius 3 is 3.00 bits per heavy atom. The third-order valence-electron chi connectivity index (χ3n) is 2.86. The van der Waals surface area contributed by atoms with Crippen LogP contribution < -0.4 is 4.74 Å². The second-order valence-corrected chi connectivity index (χ2v) is 4.92. The van der Waals surface area contributed by atoms with Crippen LogP contribution in [0, 0.1) is 4.77 Å². The van der Waals surface area contributed by atoms with E-state index in [9.17, 15) is 0 Å². The fraction of sp³-hybridized carbons (Fsp3) is 0.0769. The summed E-state index contributed by atoms with van der Waals surface area (Å²) in [6.07, 6.45) is 3.06. The summed E-state index contributed by atoms with van der Waals surface area (Å²) in [5.74, 6) is 0.756. The van der Waals surface area contributed by atoms with Gasteiger partial charge in [-0.05, 0) is 36.5 Å². The number of H-pyrrole nitrogens is 1. The second kappa shape index (κ2) is 5.63. The Labute approximate surface area is 130 Å².